The van der Waals surface area contributed by atoms with Crippen molar-refractivity contribution in [3.05, 3.63) is 52.9 Å². The van der Waals surface area contributed by atoms with Gasteiger partial charge in [0.15, 0.2) is 11.4 Å². The highest BCUT2D eigenvalue weighted by Gasteiger charge is 2.28. The van der Waals surface area contributed by atoms with Crippen LogP contribution in [0.3, 0.4) is 0 Å². The molecule has 0 bridgehead atoms. The second kappa shape index (κ2) is 9.59. The van der Waals surface area contributed by atoms with Crippen LogP contribution in [0.25, 0.3) is 11.2 Å². The fraction of sp³-hybridized carbons (Fsp3) is 0.480. The van der Waals surface area contributed by atoms with Crippen molar-refractivity contribution >= 4 is 28.5 Å². The highest BCUT2D eigenvalue weighted by atomic mass is 35.5. The molecule has 1 aromatic carbocycles. The number of methoxy groups -OCH3 is 1. The molecule has 2 heterocycles. The SMILES string of the molecule is COc1cc(Cl)nc2c1nc(CCCCC(=O)C[C@@](C)(O)c1ccccc1)n2C1CCC1. The van der Waals surface area contributed by atoms with Gasteiger partial charge in [-0.1, -0.05) is 41.9 Å². The minimum atomic E-state index is -1.14. The van der Waals surface area contributed by atoms with Gasteiger partial charge in [-0.3, -0.25) is 4.79 Å². The van der Waals surface area contributed by atoms with E-state index in [1.165, 1.54) is 6.42 Å². The maximum absolute atomic E-state index is 12.5. The Labute approximate surface area is 193 Å². The molecule has 3 aromatic rings. The quantitative estimate of drug-likeness (QED) is 0.327. The Hall–Kier alpha value is -2.44. The zero-order valence-corrected chi connectivity index (χ0v) is 19.4. The minimum absolute atomic E-state index is 0.0708. The van der Waals surface area contributed by atoms with Crippen LogP contribution in [-0.4, -0.2) is 32.5 Å². The van der Waals surface area contributed by atoms with Gasteiger partial charge in [-0.25, -0.2) is 9.97 Å². The number of pyridine rings is 1. The van der Waals surface area contributed by atoms with Crippen molar-refractivity contribution in [2.75, 3.05) is 7.11 Å². The van der Waals surface area contributed by atoms with E-state index in [1.807, 2.05) is 30.3 Å². The molecular weight excluding hydrogens is 426 g/mol. The van der Waals surface area contributed by atoms with Crippen molar-refractivity contribution in [3.8, 4) is 5.75 Å². The molecule has 0 aliphatic heterocycles. The Morgan fingerprint density at radius 2 is 2.00 bits per heavy atom. The minimum Gasteiger partial charge on any atom is -0.494 e. The average Bonchev–Trinajstić information content (AvgIpc) is 3.07. The van der Waals surface area contributed by atoms with Gasteiger partial charge in [-0.05, 0) is 44.6 Å². The van der Waals surface area contributed by atoms with Crippen molar-refractivity contribution < 1.29 is 14.6 Å². The molecule has 32 heavy (non-hydrogen) atoms. The lowest BCUT2D eigenvalue weighted by Gasteiger charge is -2.28. The number of halogens is 1. The van der Waals surface area contributed by atoms with Crippen LogP contribution in [0.2, 0.25) is 5.15 Å². The molecule has 2 aromatic heterocycles. The molecule has 170 valence electrons. The monoisotopic (exact) mass is 455 g/mol. The van der Waals surface area contributed by atoms with Crippen LogP contribution < -0.4 is 4.74 Å². The summed E-state index contributed by atoms with van der Waals surface area (Å²) in [6.45, 7) is 1.70. The molecule has 1 atom stereocenters. The normalized spacial score (nSPS) is 16.0. The number of ether oxygens (including phenoxy) is 1. The summed E-state index contributed by atoms with van der Waals surface area (Å²) >= 11 is 6.22. The number of aryl methyl sites for hydroxylation is 1. The molecule has 7 heteroatoms. The Balaban J connectivity index is 1.40. The largest absolute Gasteiger partial charge is 0.494 e. The second-order valence-electron chi connectivity index (χ2n) is 8.86. The lowest BCUT2D eigenvalue weighted by molar-refractivity contribution is -0.123. The number of benzene rings is 1. The number of hydrogen-bond donors (Lipinski definition) is 1. The number of Topliss-reactive ketones (excluding diaryl/α,β-unsaturated/α-hetero) is 1. The van der Waals surface area contributed by atoms with E-state index in [1.54, 1.807) is 20.1 Å². The first-order valence-electron chi connectivity index (χ1n) is 11.3. The molecule has 1 saturated carbocycles. The van der Waals surface area contributed by atoms with Crippen molar-refractivity contribution in [1.29, 1.82) is 0 Å². The zero-order chi connectivity index (χ0) is 22.7. The summed E-state index contributed by atoms with van der Waals surface area (Å²) in [7, 11) is 1.61. The standard InChI is InChI=1S/C25H30ClN3O3/c1-25(31,17-9-4-3-5-10-17)16-19(30)13-6-7-14-22-28-23-20(32-2)15-21(26)27-24(23)29(22)18-11-8-12-18/h3-5,9-10,15,18,31H,6-8,11-14,16H2,1-2H3/t25-/m1/s1. The van der Waals surface area contributed by atoms with Crippen LogP contribution in [0.4, 0.5) is 0 Å². The summed E-state index contributed by atoms with van der Waals surface area (Å²) in [5.41, 5.74) is 1.15. The summed E-state index contributed by atoms with van der Waals surface area (Å²) in [6, 6.07) is 11.5. The number of ketones is 1. The summed E-state index contributed by atoms with van der Waals surface area (Å²) in [5, 5.41) is 11.1. The van der Waals surface area contributed by atoms with Crippen LogP contribution in [0.15, 0.2) is 36.4 Å². The molecule has 0 radical (unpaired) electrons. The molecule has 0 spiro atoms. The predicted molar refractivity (Wildman–Crippen MR) is 125 cm³/mol. The molecule has 0 amide bonds. The summed E-state index contributed by atoms with van der Waals surface area (Å²) in [5.74, 6) is 1.68. The van der Waals surface area contributed by atoms with Crippen molar-refractivity contribution in [2.24, 2.45) is 0 Å². The Kier molecular flexibility index (Phi) is 6.82. The third-order valence-electron chi connectivity index (χ3n) is 6.36. The Morgan fingerprint density at radius 3 is 2.66 bits per heavy atom. The summed E-state index contributed by atoms with van der Waals surface area (Å²) < 4.78 is 7.70. The Bertz CT molecular complexity index is 1090. The molecule has 1 N–H and O–H groups in total. The lowest BCUT2D eigenvalue weighted by atomic mass is 9.89. The van der Waals surface area contributed by atoms with Gasteiger partial charge in [-0.15, -0.1) is 0 Å². The number of nitrogens with zero attached hydrogens (tertiary/aromatic N) is 3. The topological polar surface area (TPSA) is 77.2 Å². The fourth-order valence-corrected chi connectivity index (χ4v) is 4.57. The number of unbranched alkanes of at least 4 members (excludes halogenated alkanes) is 1. The number of carbonyl (C=O) groups is 1. The first kappa shape index (κ1) is 22.7. The first-order valence-corrected chi connectivity index (χ1v) is 11.7. The smallest absolute Gasteiger partial charge is 0.165 e. The molecule has 4 rings (SSSR count). The molecule has 1 aliphatic carbocycles. The van der Waals surface area contributed by atoms with Crippen LogP contribution in [0, 0.1) is 0 Å². The number of hydrogen-bond acceptors (Lipinski definition) is 5. The molecule has 1 fully saturated rings. The van der Waals surface area contributed by atoms with E-state index in [0.717, 1.165) is 54.7 Å². The van der Waals surface area contributed by atoms with E-state index < -0.39 is 5.60 Å². The van der Waals surface area contributed by atoms with Crippen LogP contribution in [0.1, 0.15) is 69.3 Å². The maximum atomic E-state index is 12.5. The van der Waals surface area contributed by atoms with Gasteiger partial charge in [-0.2, -0.15) is 0 Å². The Morgan fingerprint density at radius 1 is 1.25 bits per heavy atom. The predicted octanol–water partition coefficient (Wildman–Crippen LogP) is 5.40. The number of aliphatic hydroxyl groups is 1. The van der Waals surface area contributed by atoms with Gasteiger partial charge in [0, 0.05) is 31.4 Å². The van der Waals surface area contributed by atoms with Gasteiger partial charge in [0.05, 0.1) is 12.7 Å². The number of fused-ring (bicyclic) bond motifs is 1. The molecule has 1 aliphatic rings. The maximum Gasteiger partial charge on any atom is 0.165 e. The number of imidazole rings is 1. The highest BCUT2D eigenvalue weighted by molar-refractivity contribution is 6.30. The van der Waals surface area contributed by atoms with E-state index >= 15 is 0 Å². The van der Waals surface area contributed by atoms with Gasteiger partial charge in [0.1, 0.15) is 22.3 Å². The average molecular weight is 456 g/mol. The van der Waals surface area contributed by atoms with E-state index in [-0.39, 0.29) is 12.2 Å². The fourth-order valence-electron chi connectivity index (χ4n) is 4.39. The zero-order valence-electron chi connectivity index (χ0n) is 18.7. The van der Waals surface area contributed by atoms with Crippen LogP contribution in [0.5, 0.6) is 5.75 Å². The van der Waals surface area contributed by atoms with E-state index in [4.69, 9.17) is 21.3 Å². The van der Waals surface area contributed by atoms with Crippen LogP contribution >= 0.6 is 11.6 Å². The lowest BCUT2D eigenvalue weighted by Crippen LogP contribution is -2.25. The first-order chi connectivity index (χ1) is 15.4. The highest BCUT2D eigenvalue weighted by Crippen LogP contribution is 2.38. The van der Waals surface area contributed by atoms with Gasteiger partial charge in [0.2, 0.25) is 0 Å². The second-order valence-corrected chi connectivity index (χ2v) is 9.25. The van der Waals surface area contributed by atoms with Crippen molar-refractivity contribution in [3.63, 3.8) is 0 Å². The van der Waals surface area contributed by atoms with Crippen molar-refractivity contribution in [2.45, 2.75) is 69.9 Å². The number of aromatic nitrogens is 3. The van der Waals surface area contributed by atoms with E-state index in [0.29, 0.717) is 23.4 Å². The van der Waals surface area contributed by atoms with E-state index in [2.05, 4.69) is 9.55 Å². The molecule has 0 saturated heterocycles. The number of carbonyl (C=O) groups excluding carboxylic acids is 1. The molecular formula is C25H30ClN3O3. The summed E-state index contributed by atoms with van der Waals surface area (Å²) in [4.78, 5) is 21.9. The third-order valence-corrected chi connectivity index (χ3v) is 6.55. The van der Waals surface area contributed by atoms with Gasteiger partial charge < -0.3 is 14.4 Å². The van der Waals surface area contributed by atoms with Gasteiger partial charge >= 0.3 is 0 Å². The molecule has 0 unspecified atom stereocenters. The summed E-state index contributed by atoms with van der Waals surface area (Å²) in [6.07, 6.45) is 6.35. The molecule has 6 nitrogen and oxygen atoms in total. The number of rotatable bonds is 10. The van der Waals surface area contributed by atoms with E-state index in [9.17, 15) is 9.90 Å². The van der Waals surface area contributed by atoms with Crippen LogP contribution in [-0.2, 0) is 16.8 Å². The third kappa shape index (κ3) is 4.81. The van der Waals surface area contributed by atoms with Crippen molar-refractivity contribution in [1.82, 2.24) is 14.5 Å². The van der Waals surface area contributed by atoms with Gasteiger partial charge in [0.25, 0.3) is 0 Å².